The van der Waals surface area contributed by atoms with Crippen LogP contribution in [0, 0.1) is 0 Å². The summed E-state index contributed by atoms with van der Waals surface area (Å²) in [5.41, 5.74) is 6.02. The van der Waals surface area contributed by atoms with Crippen molar-refractivity contribution in [2.45, 2.75) is 102 Å². The molecule has 8 nitrogen and oxygen atoms in total. The van der Waals surface area contributed by atoms with E-state index in [1.54, 1.807) is 0 Å². The lowest BCUT2D eigenvalue weighted by Gasteiger charge is -2.39. The number of carbonyl (C=O) groups is 2. The molecule has 1 heterocycles. The van der Waals surface area contributed by atoms with Gasteiger partial charge in [-0.25, -0.2) is 0 Å². The number of amides is 1. The number of nitrogens with zero attached hydrogens (tertiary/aromatic N) is 1. The Bertz CT molecular complexity index is 1470. The van der Waals surface area contributed by atoms with Crippen molar-refractivity contribution in [3.63, 3.8) is 0 Å². The Morgan fingerprint density at radius 2 is 1.60 bits per heavy atom. The first-order chi connectivity index (χ1) is 23.4. The zero-order valence-corrected chi connectivity index (χ0v) is 27.9. The van der Waals surface area contributed by atoms with Crippen LogP contribution < -0.4 is 5.32 Å². The van der Waals surface area contributed by atoms with E-state index in [2.05, 4.69) is 47.1 Å². The summed E-state index contributed by atoms with van der Waals surface area (Å²) in [5.74, 6) is -0.830. The molecule has 256 valence electrons. The molecule has 3 aromatic rings. The number of aliphatic hydroxyl groups is 1. The van der Waals surface area contributed by atoms with Crippen molar-refractivity contribution in [2.24, 2.45) is 0 Å². The summed E-state index contributed by atoms with van der Waals surface area (Å²) < 4.78 is 13.3. The zero-order chi connectivity index (χ0) is 33.7. The smallest absolute Gasteiger partial charge is 0.303 e. The van der Waals surface area contributed by atoms with Crippen LogP contribution in [0.2, 0.25) is 0 Å². The van der Waals surface area contributed by atoms with Crippen LogP contribution in [0.4, 0.5) is 0 Å². The molecule has 1 amide bonds. The molecule has 3 N–H and O–H groups in total. The first-order valence-electron chi connectivity index (χ1n) is 17.5. The van der Waals surface area contributed by atoms with Crippen LogP contribution in [0.5, 0.6) is 0 Å². The van der Waals surface area contributed by atoms with Gasteiger partial charge >= 0.3 is 5.97 Å². The highest BCUT2D eigenvalue weighted by Crippen LogP contribution is 2.39. The monoisotopic (exact) mass is 654 g/mol. The second kappa shape index (κ2) is 18.1. The summed E-state index contributed by atoms with van der Waals surface area (Å²) in [6.07, 6.45) is 9.54. The van der Waals surface area contributed by atoms with Gasteiger partial charge in [0.15, 0.2) is 6.29 Å². The van der Waals surface area contributed by atoms with Crippen molar-refractivity contribution in [3.8, 4) is 11.1 Å². The van der Waals surface area contributed by atoms with Crippen molar-refractivity contribution in [1.82, 2.24) is 10.2 Å². The Morgan fingerprint density at radius 3 is 2.31 bits per heavy atom. The van der Waals surface area contributed by atoms with Gasteiger partial charge in [-0.05, 0) is 53.5 Å². The number of hydrogen-bond acceptors (Lipinski definition) is 6. The number of carboxylic acid groups (broad SMARTS) is 1. The number of carbonyl (C=O) groups excluding carboxylic acids is 1. The number of unbranched alkanes of at least 4 members (excludes halogenated alkanes) is 2. The molecule has 8 heteroatoms. The fourth-order valence-corrected chi connectivity index (χ4v) is 6.90. The van der Waals surface area contributed by atoms with Gasteiger partial charge in [0.05, 0.1) is 18.8 Å². The third-order valence-corrected chi connectivity index (χ3v) is 9.54. The SMILES string of the molecule is C=CCN(C[C@@H]1C[C@H](c2ccc(CO)cc2)O[C@H](c2ccc(-c3ccccc3CNC(=O)CCCCCC(=O)O)cc2)O1)C1CCCC1. The van der Waals surface area contributed by atoms with Crippen molar-refractivity contribution in [1.29, 1.82) is 0 Å². The summed E-state index contributed by atoms with van der Waals surface area (Å²) in [4.78, 5) is 25.7. The molecule has 1 aliphatic carbocycles. The summed E-state index contributed by atoms with van der Waals surface area (Å²) in [5, 5.41) is 21.4. The molecule has 2 aliphatic rings. The van der Waals surface area contributed by atoms with Crippen LogP contribution in [0.1, 0.15) is 98.9 Å². The van der Waals surface area contributed by atoms with Gasteiger partial charge in [-0.15, -0.1) is 6.58 Å². The Labute approximate surface area is 284 Å². The first kappa shape index (κ1) is 35.5. The van der Waals surface area contributed by atoms with Crippen molar-refractivity contribution in [2.75, 3.05) is 13.1 Å². The minimum Gasteiger partial charge on any atom is -0.481 e. The Morgan fingerprint density at radius 1 is 0.896 bits per heavy atom. The Hall–Kier alpha value is -3.82. The number of aliphatic carboxylic acids is 1. The van der Waals surface area contributed by atoms with E-state index in [-0.39, 0.29) is 31.1 Å². The topological polar surface area (TPSA) is 108 Å². The van der Waals surface area contributed by atoms with Crippen molar-refractivity contribution < 1.29 is 29.3 Å². The van der Waals surface area contributed by atoms with E-state index in [1.807, 2.05) is 48.5 Å². The van der Waals surface area contributed by atoms with Gasteiger partial charge in [0.25, 0.3) is 0 Å². The highest BCUT2D eigenvalue weighted by atomic mass is 16.7. The average Bonchev–Trinajstić information content (AvgIpc) is 3.66. The molecule has 3 aromatic carbocycles. The molecule has 0 bridgehead atoms. The van der Waals surface area contributed by atoms with E-state index in [1.165, 1.54) is 25.7 Å². The quantitative estimate of drug-likeness (QED) is 0.102. The maximum atomic E-state index is 12.5. The summed E-state index contributed by atoms with van der Waals surface area (Å²) in [6, 6.07) is 24.9. The molecule has 1 saturated carbocycles. The third kappa shape index (κ3) is 10.1. The standard InChI is InChI=1S/C40H50N2O6/c1-2-24-42(34-11-7-8-12-34)27-35-25-37(31-18-16-29(28-43)17-19-31)48-40(47-35)32-22-20-30(21-23-32)36-13-9-6-10-33(36)26-41-38(44)14-4-3-5-15-39(45)46/h2,6,9-10,13,16-23,34-35,37,40,43H,1,3-5,7-8,11-12,14-15,24-28H2,(H,41,44)(H,45,46)/t35-,37+,40+/m0/s1. The second-order valence-electron chi connectivity index (χ2n) is 13.0. The number of benzene rings is 3. The van der Waals surface area contributed by atoms with Gasteiger partial charge in [-0.1, -0.05) is 98.1 Å². The first-order valence-corrected chi connectivity index (χ1v) is 17.5. The fraction of sp³-hybridized carbons (Fsp3) is 0.450. The van der Waals surface area contributed by atoms with E-state index < -0.39 is 12.3 Å². The second-order valence-corrected chi connectivity index (χ2v) is 13.0. The van der Waals surface area contributed by atoms with Gasteiger partial charge in [0, 0.05) is 50.5 Å². The molecule has 0 unspecified atom stereocenters. The largest absolute Gasteiger partial charge is 0.481 e. The minimum atomic E-state index is -0.799. The van der Waals surface area contributed by atoms with E-state index in [9.17, 15) is 14.7 Å². The molecular formula is C40H50N2O6. The van der Waals surface area contributed by atoms with Crippen LogP contribution in [-0.2, 0) is 32.2 Å². The van der Waals surface area contributed by atoms with Gasteiger partial charge in [0.2, 0.25) is 5.91 Å². The third-order valence-electron chi connectivity index (χ3n) is 9.54. The van der Waals surface area contributed by atoms with Crippen molar-refractivity contribution >= 4 is 11.9 Å². The fourth-order valence-electron chi connectivity index (χ4n) is 6.90. The molecule has 1 aliphatic heterocycles. The Balaban J connectivity index is 1.27. The molecule has 3 atom stereocenters. The maximum absolute atomic E-state index is 12.5. The van der Waals surface area contributed by atoms with E-state index in [0.29, 0.717) is 31.8 Å². The van der Waals surface area contributed by atoms with Crippen LogP contribution in [-0.4, -0.2) is 52.2 Å². The van der Waals surface area contributed by atoms with Crippen LogP contribution in [0.3, 0.4) is 0 Å². The van der Waals surface area contributed by atoms with Gasteiger partial charge in [-0.2, -0.15) is 0 Å². The lowest BCUT2D eigenvalue weighted by atomic mass is 9.97. The zero-order valence-electron chi connectivity index (χ0n) is 27.9. The predicted molar refractivity (Wildman–Crippen MR) is 187 cm³/mol. The molecule has 5 rings (SSSR count). The summed E-state index contributed by atoms with van der Waals surface area (Å²) in [6.45, 7) is 6.11. The molecule has 0 aromatic heterocycles. The van der Waals surface area contributed by atoms with Gasteiger partial charge in [0.1, 0.15) is 0 Å². The van der Waals surface area contributed by atoms with Crippen LogP contribution in [0.25, 0.3) is 11.1 Å². The lowest BCUT2D eigenvalue weighted by Crippen LogP contribution is -2.43. The number of ether oxygens (including phenoxy) is 2. The summed E-state index contributed by atoms with van der Waals surface area (Å²) in [7, 11) is 0. The highest BCUT2D eigenvalue weighted by molar-refractivity contribution is 5.76. The predicted octanol–water partition coefficient (Wildman–Crippen LogP) is 7.47. The van der Waals surface area contributed by atoms with Gasteiger partial charge in [-0.3, -0.25) is 14.5 Å². The number of aliphatic hydroxyl groups excluding tert-OH is 1. The van der Waals surface area contributed by atoms with Crippen LogP contribution >= 0.6 is 0 Å². The average molecular weight is 655 g/mol. The molecule has 0 spiro atoms. The number of rotatable bonds is 17. The maximum Gasteiger partial charge on any atom is 0.303 e. The van der Waals surface area contributed by atoms with Gasteiger partial charge < -0.3 is 25.0 Å². The summed E-state index contributed by atoms with van der Waals surface area (Å²) >= 11 is 0. The molecule has 0 radical (unpaired) electrons. The Kier molecular flexibility index (Phi) is 13.4. The van der Waals surface area contributed by atoms with Crippen LogP contribution in [0.15, 0.2) is 85.5 Å². The highest BCUT2D eigenvalue weighted by Gasteiger charge is 2.34. The van der Waals surface area contributed by atoms with E-state index in [4.69, 9.17) is 14.6 Å². The normalized spacial score (nSPS) is 19.8. The molecule has 1 saturated heterocycles. The van der Waals surface area contributed by atoms with E-state index in [0.717, 1.165) is 59.3 Å². The molecule has 48 heavy (non-hydrogen) atoms. The lowest BCUT2D eigenvalue weighted by molar-refractivity contribution is -0.253. The molecular weight excluding hydrogens is 604 g/mol. The number of carboxylic acids is 1. The minimum absolute atomic E-state index is 0.0100. The molecule has 2 fully saturated rings. The number of nitrogens with one attached hydrogen (secondary N) is 1. The van der Waals surface area contributed by atoms with Crippen molar-refractivity contribution in [3.05, 3.63) is 108 Å². The van der Waals surface area contributed by atoms with E-state index >= 15 is 0 Å². The number of hydrogen-bond donors (Lipinski definition) is 3.